The third-order valence-corrected chi connectivity index (χ3v) is 3.64. The Morgan fingerprint density at radius 2 is 2.15 bits per heavy atom. The number of aryl methyl sites for hydroxylation is 1. The van der Waals surface area contributed by atoms with Crippen LogP contribution in [0.15, 0.2) is 35.6 Å². The van der Waals surface area contributed by atoms with Gasteiger partial charge in [-0.15, -0.1) is 34.2 Å². The van der Waals surface area contributed by atoms with Crippen LogP contribution in [0, 0.1) is 5.82 Å². The van der Waals surface area contributed by atoms with Gasteiger partial charge in [-0.05, 0) is 26.0 Å². The SMILES string of the molecule is CCNC(=NCC(C)Oc1cccc(F)c1)NCCn1cnnc1CC.I. The van der Waals surface area contributed by atoms with Crippen molar-refractivity contribution in [1.29, 1.82) is 0 Å². The predicted octanol–water partition coefficient (Wildman–Crippen LogP) is 2.62. The fourth-order valence-electron chi connectivity index (χ4n) is 2.41. The lowest BCUT2D eigenvalue weighted by atomic mass is 10.3. The zero-order chi connectivity index (χ0) is 18.8. The van der Waals surface area contributed by atoms with Crippen LogP contribution in [0.5, 0.6) is 5.75 Å². The molecule has 0 bridgehead atoms. The molecule has 0 aliphatic heterocycles. The number of hydrogen-bond donors (Lipinski definition) is 2. The van der Waals surface area contributed by atoms with E-state index in [0.717, 1.165) is 25.3 Å². The fourth-order valence-corrected chi connectivity index (χ4v) is 2.41. The highest BCUT2D eigenvalue weighted by Crippen LogP contribution is 2.13. The van der Waals surface area contributed by atoms with Crippen LogP contribution in [0.2, 0.25) is 0 Å². The number of aromatic nitrogens is 3. The lowest BCUT2D eigenvalue weighted by molar-refractivity contribution is 0.229. The second-order valence-electron chi connectivity index (χ2n) is 5.83. The molecule has 2 rings (SSSR count). The molecule has 1 heterocycles. The Kier molecular flexibility index (Phi) is 10.7. The van der Waals surface area contributed by atoms with Crippen molar-refractivity contribution in [3.63, 3.8) is 0 Å². The Labute approximate surface area is 176 Å². The molecule has 0 radical (unpaired) electrons. The van der Waals surface area contributed by atoms with Crippen LogP contribution < -0.4 is 15.4 Å². The van der Waals surface area contributed by atoms with Gasteiger partial charge in [0.25, 0.3) is 0 Å². The van der Waals surface area contributed by atoms with Gasteiger partial charge in [0.2, 0.25) is 0 Å². The molecule has 0 saturated heterocycles. The summed E-state index contributed by atoms with van der Waals surface area (Å²) in [5, 5.41) is 14.5. The molecular weight excluding hydrogens is 462 g/mol. The molecule has 2 N–H and O–H groups in total. The number of nitrogens with one attached hydrogen (secondary N) is 2. The van der Waals surface area contributed by atoms with E-state index in [1.807, 2.05) is 18.4 Å². The number of nitrogens with zero attached hydrogens (tertiary/aromatic N) is 4. The fraction of sp³-hybridized carbons (Fsp3) is 0.500. The standard InChI is InChI=1S/C18H27FN6O.HI/c1-4-17-24-23-13-25(17)10-9-21-18(20-5-2)22-12-14(3)26-16-8-6-7-15(19)11-16;/h6-8,11,13-14H,4-5,9-10,12H2,1-3H3,(H2,20,21,22);1H. The number of halogens is 2. The highest BCUT2D eigenvalue weighted by Gasteiger charge is 2.06. The highest BCUT2D eigenvalue weighted by atomic mass is 127. The van der Waals surface area contributed by atoms with E-state index in [0.29, 0.717) is 24.8 Å². The van der Waals surface area contributed by atoms with E-state index in [2.05, 4.69) is 32.7 Å². The molecule has 0 aliphatic rings. The molecule has 0 aliphatic carbocycles. The summed E-state index contributed by atoms with van der Waals surface area (Å²) in [6, 6.07) is 6.12. The number of aliphatic imine (C=N–C) groups is 1. The minimum Gasteiger partial charge on any atom is -0.489 e. The van der Waals surface area contributed by atoms with E-state index in [-0.39, 0.29) is 35.9 Å². The van der Waals surface area contributed by atoms with Crippen LogP contribution in [0.3, 0.4) is 0 Å². The molecule has 9 heteroatoms. The number of benzene rings is 1. The van der Waals surface area contributed by atoms with E-state index in [1.165, 1.54) is 12.1 Å². The zero-order valence-corrected chi connectivity index (χ0v) is 18.3. The van der Waals surface area contributed by atoms with Gasteiger partial charge in [-0.2, -0.15) is 0 Å². The number of hydrogen-bond acceptors (Lipinski definition) is 4. The van der Waals surface area contributed by atoms with Crippen molar-refractivity contribution in [3.8, 4) is 5.75 Å². The van der Waals surface area contributed by atoms with Crippen molar-refractivity contribution in [1.82, 2.24) is 25.4 Å². The molecule has 2 aromatic rings. The van der Waals surface area contributed by atoms with Crippen molar-refractivity contribution in [2.24, 2.45) is 4.99 Å². The van der Waals surface area contributed by atoms with E-state index < -0.39 is 0 Å². The predicted molar refractivity (Wildman–Crippen MR) is 115 cm³/mol. The molecule has 0 fully saturated rings. The molecule has 150 valence electrons. The van der Waals surface area contributed by atoms with Crippen LogP contribution in [0.25, 0.3) is 0 Å². The van der Waals surface area contributed by atoms with Crippen LogP contribution in [-0.4, -0.2) is 46.5 Å². The summed E-state index contributed by atoms with van der Waals surface area (Å²) >= 11 is 0. The maximum atomic E-state index is 13.2. The zero-order valence-electron chi connectivity index (χ0n) is 16.0. The molecule has 0 saturated carbocycles. The second kappa shape index (κ2) is 12.5. The van der Waals surface area contributed by atoms with E-state index in [1.54, 1.807) is 18.5 Å². The second-order valence-corrected chi connectivity index (χ2v) is 5.83. The number of guanidine groups is 1. The minimum absolute atomic E-state index is 0. The lowest BCUT2D eigenvalue weighted by Crippen LogP contribution is -2.39. The molecule has 1 aromatic carbocycles. The Morgan fingerprint density at radius 3 is 2.85 bits per heavy atom. The van der Waals surface area contributed by atoms with Crippen molar-refractivity contribution in [2.75, 3.05) is 19.6 Å². The maximum absolute atomic E-state index is 13.2. The molecular formula is C18H28FIN6O. The van der Waals surface area contributed by atoms with Crippen molar-refractivity contribution in [3.05, 3.63) is 42.2 Å². The first-order valence-electron chi connectivity index (χ1n) is 8.93. The van der Waals surface area contributed by atoms with Crippen molar-refractivity contribution < 1.29 is 9.13 Å². The van der Waals surface area contributed by atoms with Crippen LogP contribution >= 0.6 is 24.0 Å². The maximum Gasteiger partial charge on any atom is 0.191 e. The van der Waals surface area contributed by atoms with Crippen molar-refractivity contribution in [2.45, 2.75) is 39.8 Å². The van der Waals surface area contributed by atoms with E-state index in [9.17, 15) is 4.39 Å². The Morgan fingerprint density at radius 1 is 1.33 bits per heavy atom. The molecule has 1 atom stereocenters. The summed E-state index contributed by atoms with van der Waals surface area (Å²) in [6.45, 7) is 8.66. The Hall–Kier alpha value is -1.91. The van der Waals surface area contributed by atoms with Gasteiger partial charge < -0.3 is 19.9 Å². The molecule has 1 unspecified atom stereocenters. The van der Waals surface area contributed by atoms with Gasteiger partial charge in [-0.25, -0.2) is 9.38 Å². The third kappa shape index (κ3) is 8.10. The first-order chi connectivity index (χ1) is 12.6. The van der Waals surface area contributed by atoms with Crippen LogP contribution in [0.1, 0.15) is 26.6 Å². The lowest BCUT2D eigenvalue weighted by Gasteiger charge is -2.15. The van der Waals surface area contributed by atoms with E-state index >= 15 is 0 Å². The first-order valence-corrected chi connectivity index (χ1v) is 8.93. The highest BCUT2D eigenvalue weighted by molar-refractivity contribution is 14.0. The summed E-state index contributed by atoms with van der Waals surface area (Å²) in [7, 11) is 0. The largest absolute Gasteiger partial charge is 0.489 e. The first kappa shape index (κ1) is 23.1. The molecule has 7 nitrogen and oxygen atoms in total. The number of ether oxygens (including phenoxy) is 1. The molecule has 0 amide bonds. The third-order valence-electron chi connectivity index (χ3n) is 3.64. The van der Waals surface area contributed by atoms with Gasteiger partial charge in [0.05, 0.1) is 6.54 Å². The minimum atomic E-state index is -0.311. The summed E-state index contributed by atoms with van der Waals surface area (Å²) < 4.78 is 20.9. The summed E-state index contributed by atoms with van der Waals surface area (Å²) in [5.74, 6) is 1.87. The Bertz CT molecular complexity index is 709. The summed E-state index contributed by atoms with van der Waals surface area (Å²) in [4.78, 5) is 4.53. The van der Waals surface area contributed by atoms with Gasteiger partial charge in [0.1, 0.15) is 29.8 Å². The van der Waals surface area contributed by atoms with Gasteiger partial charge in [-0.1, -0.05) is 13.0 Å². The quantitative estimate of drug-likeness (QED) is 0.321. The average Bonchev–Trinajstić information content (AvgIpc) is 3.07. The monoisotopic (exact) mass is 490 g/mol. The van der Waals surface area contributed by atoms with Crippen LogP contribution in [-0.2, 0) is 13.0 Å². The van der Waals surface area contributed by atoms with Crippen molar-refractivity contribution >= 4 is 29.9 Å². The average molecular weight is 490 g/mol. The molecule has 1 aromatic heterocycles. The molecule has 27 heavy (non-hydrogen) atoms. The number of rotatable bonds is 9. The van der Waals surface area contributed by atoms with Gasteiger partial charge in [-0.3, -0.25) is 0 Å². The van der Waals surface area contributed by atoms with Gasteiger partial charge in [0, 0.05) is 32.1 Å². The molecule has 0 spiro atoms. The summed E-state index contributed by atoms with van der Waals surface area (Å²) in [6.07, 6.45) is 2.42. The van der Waals surface area contributed by atoms with E-state index in [4.69, 9.17) is 4.74 Å². The van der Waals surface area contributed by atoms with Gasteiger partial charge in [0.15, 0.2) is 5.96 Å². The summed E-state index contributed by atoms with van der Waals surface area (Å²) in [5.41, 5.74) is 0. The smallest absolute Gasteiger partial charge is 0.191 e. The Balaban J connectivity index is 0.00000364. The van der Waals surface area contributed by atoms with Gasteiger partial charge >= 0.3 is 0 Å². The van der Waals surface area contributed by atoms with Crippen LogP contribution in [0.4, 0.5) is 4.39 Å². The topological polar surface area (TPSA) is 76.4 Å². The normalized spacial score (nSPS) is 12.2.